The lowest BCUT2D eigenvalue weighted by Crippen LogP contribution is -2.16. The summed E-state index contributed by atoms with van der Waals surface area (Å²) in [6.07, 6.45) is 0.409. The summed E-state index contributed by atoms with van der Waals surface area (Å²) in [7, 11) is 0. The maximum absolute atomic E-state index is 12.2. The van der Waals surface area contributed by atoms with Crippen LogP contribution in [0.25, 0.3) is 0 Å². The first-order chi connectivity index (χ1) is 9.58. The molecule has 0 saturated heterocycles. The van der Waals surface area contributed by atoms with Crippen molar-refractivity contribution in [2.45, 2.75) is 33.1 Å². The van der Waals surface area contributed by atoms with E-state index in [1.54, 1.807) is 0 Å². The van der Waals surface area contributed by atoms with Gasteiger partial charge in [-0.25, -0.2) is 0 Å². The Morgan fingerprint density at radius 1 is 1.05 bits per heavy atom. The Morgan fingerprint density at radius 3 is 2.40 bits per heavy atom. The quantitative estimate of drug-likeness (QED) is 0.879. The molecular formula is C18H21NO. The summed E-state index contributed by atoms with van der Waals surface area (Å²) >= 11 is 0. The Labute approximate surface area is 120 Å². The molecule has 104 valence electrons. The van der Waals surface area contributed by atoms with Crippen LogP contribution in [0.15, 0.2) is 48.5 Å². The van der Waals surface area contributed by atoms with Crippen LogP contribution in [-0.2, 0) is 11.2 Å². The van der Waals surface area contributed by atoms with Crippen molar-refractivity contribution >= 4 is 11.6 Å². The first kappa shape index (κ1) is 14.3. The topological polar surface area (TPSA) is 29.1 Å². The molecule has 0 radical (unpaired) electrons. The monoisotopic (exact) mass is 267 g/mol. The van der Waals surface area contributed by atoms with Gasteiger partial charge in [-0.05, 0) is 29.5 Å². The molecule has 0 aliphatic heterocycles. The van der Waals surface area contributed by atoms with Crippen LogP contribution >= 0.6 is 0 Å². The zero-order valence-electron chi connectivity index (χ0n) is 12.3. The van der Waals surface area contributed by atoms with Gasteiger partial charge in [-0.3, -0.25) is 4.79 Å². The molecule has 0 spiro atoms. The summed E-state index contributed by atoms with van der Waals surface area (Å²) in [5, 5.41) is 3.07. The number of benzene rings is 2. The average Bonchev–Trinajstić information content (AvgIpc) is 2.42. The number of anilines is 1. The molecule has 0 fully saturated rings. The lowest BCUT2D eigenvalue weighted by Gasteiger charge is -2.16. The lowest BCUT2D eigenvalue weighted by atomic mass is 9.98. The maximum atomic E-state index is 12.2. The zero-order chi connectivity index (χ0) is 14.5. The van der Waals surface area contributed by atoms with Gasteiger partial charge in [0.05, 0.1) is 6.42 Å². The first-order valence-electron chi connectivity index (χ1n) is 7.01. The summed E-state index contributed by atoms with van der Waals surface area (Å²) in [5.41, 5.74) is 4.29. The van der Waals surface area contributed by atoms with Crippen LogP contribution in [0.1, 0.15) is 36.5 Å². The third-order valence-electron chi connectivity index (χ3n) is 3.40. The molecule has 20 heavy (non-hydrogen) atoms. The van der Waals surface area contributed by atoms with Crippen LogP contribution in [0.3, 0.4) is 0 Å². The van der Waals surface area contributed by atoms with E-state index in [0.717, 1.165) is 16.8 Å². The second-order valence-corrected chi connectivity index (χ2v) is 5.40. The van der Waals surface area contributed by atoms with Gasteiger partial charge in [-0.1, -0.05) is 62.4 Å². The van der Waals surface area contributed by atoms with Crippen LogP contribution in [0, 0.1) is 6.92 Å². The van der Waals surface area contributed by atoms with E-state index in [1.807, 2.05) is 49.4 Å². The highest BCUT2D eigenvalue weighted by molar-refractivity contribution is 5.93. The van der Waals surface area contributed by atoms with Crippen LogP contribution in [0.5, 0.6) is 0 Å². The molecule has 2 aromatic carbocycles. The van der Waals surface area contributed by atoms with Gasteiger partial charge in [0.2, 0.25) is 5.91 Å². The molecule has 0 saturated carbocycles. The highest BCUT2D eigenvalue weighted by Crippen LogP contribution is 2.27. The molecule has 2 nitrogen and oxygen atoms in total. The van der Waals surface area contributed by atoms with Crippen LogP contribution in [0.4, 0.5) is 5.69 Å². The van der Waals surface area contributed by atoms with E-state index >= 15 is 0 Å². The van der Waals surface area contributed by atoms with Crippen LogP contribution in [-0.4, -0.2) is 5.91 Å². The van der Waals surface area contributed by atoms with Gasteiger partial charge in [-0.15, -0.1) is 0 Å². The zero-order valence-corrected chi connectivity index (χ0v) is 12.3. The standard InChI is InChI=1S/C18H21NO/c1-13(2)16-11-7-8-14(3)18(16)19-17(20)12-15-9-5-4-6-10-15/h4-11,13H,12H2,1-3H3,(H,19,20). The Bertz CT molecular complexity index is 588. The molecular weight excluding hydrogens is 246 g/mol. The van der Waals surface area contributed by atoms with E-state index in [1.165, 1.54) is 5.56 Å². The summed E-state index contributed by atoms with van der Waals surface area (Å²) in [6, 6.07) is 16.0. The number of nitrogens with one attached hydrogen (secondary N) is 1. The molecule has 0 heterocycles. The normalized spacial score (nSPS) is 10.6. The molecule has 0 aliphatic rings. The van der Waals surface area contributed by atoms with Gasteiger partial charge >= 0.3 is 0 Å². The molecule has 0 aromatic heterocycles. The van der Waals surface area contributed by atoms with Crippen molar-refractivity contribution in [2.24, 2.45) is 0 Å². The molecule has 1 N–H and O–H groups in total. The van der Waals surface area contributed by atoms with Crippen LogP contribution in [0.2, 0.25) is 0 Å². The van der Waals surface area contributed by atoms with Crippen molar-refractivity contribution in [3.8, 4) is 0 Å². The largest absolute Gasteiger partial charge is 0.325 e. The number of hydrogen-bond acceptors (Lipinski definition) is 1. The van der Waals surface area contributed by atoms with Crippen LogP contribution < -0.4 is 5.32 Å². The Balaban J connectivity index is 2.16. The van der Waals surface area contributed by atoms with Gasteiger partial charge in [0.15, 0.2) is 0 Å². The van der Waals surface area contributed by atoms with Gasteiger partial charge in [0.25, 0.3) is 0 Å². The maximum Gasteiger partial charge on any atom is 0.228 e. The SMILES string of the molecule is Cc1cccc(C(C)C)c1NC(=O)Cc1ccccc1. The predicted molar refractivity (Wildman–Crippen MR) is 84.0 cm³/mol. The van der Waals surface area contributed by atoms with E-state index in [2.05, 4.69) is 25.2 Å². The Hall–Kier alpha value is -2.09. The van der Waals surface area contributed by atoms with E-state index in [4.69, 9.17) is 0 Å². The number of para-hydroxylation sites is 1. The number of amides is 1. The molecule has 0 aliphatic carbocycles. The molecule has 2 heteroatoms. The highest BCUT2D eigenvalue weighted by atomic mass is 16.1. The fourth-order valence-corrected chi connectivity index (χ4v) is 2.31. The number of carbonyl (C=O) groups is 1. The lowest BCUT2D eigenvalue weighted by molar-refractivity contribution is -0.115. The fraction of sp³-hybridized carbons (Fsp3) is 0.278. The summed E-state index contributed by atoms with van der Waals surface area (Å²) in [5.74, 6) is 0.425. The third-order valence-corrected chi connectivity index (χ3v) is 3.40. The predicted octanol–water partition coefficient (Wildman–Crippen LogP) is 4.30. The molecule has 2 aromatic rings. The van der Waals surface area contributed by atoms with Gasteiger partial charge in [0.1, 0.15) is 0 Å². The van der Waals surface area contributed by atoms with E-state index in [0.29, 0.717) is 12.3 Å². The second kappa shape index (κ2) is 6.38. The number of aryl methyl sites for hydroxylation is 1. The minimum absolute atomic E-state index is 0.0346. The summed E-state index contributed by atoms with van der Waals surface area (Å²) in [4.78, 5) is 12.2. The van der Waals surface area contributed by atoms with Gasteiger partial charge in [0, 0.05) is 5.69 Å². The number of carbonyl (C=O) groups excluding carboxylic acids is 1. The summed E-state index contributed by atoms with van der Waals surface area (Å²) < 4.78 is 0. The average molecular weight is 267 g/mol. The molecule has 0 unspecified atom stereocenters. The van der Waals surface area contributed by atoms with E-state index in [9.17, 15) is 4.79 Å². The molecule has 2 rings (SSSR count). The first-order valence-corrected chi connectivity index (χ1v) is 7.01. The van der Waals surface area contributed by atoms with Gasteiger partial charge < -0.3 is 5.32 Å². The van der Waals surface area contributed by atoms with E-state index in [-0.39, 0.29) is 5.91 Å². The Kier molecular flexibility index (Phi) is 4.57. The highest BCUT2D eigenvalue weighted by Gasteiger charge is 2.12. The fourth-order valence-electron chi connectivity index (χ4n) is 2.31. The summed E-state index contributed by atoms with van der Waals surface area (Å²) in [6.45, 7) is 6.31. The third kappa shape index (κ3) is 3.47. The number of rotatable bonds is 4. The van der Waals surface area contributed by atoms with Crippen molar-refractivity contribution in [2.75, 3.05) is 5.32 Å². The number of hydrogen-bond donors (Lipinski definition) is 1. The van der Waals surface area contributed by atoms with Crippen molar-refractivity contribution in [3.05, 3.63) is 65.2 Å². The minimum atomic E-state index is 0.0346. The van der Waals surface area contributed by atoms with Crippen molar-refractivity contribution in [1.82, 2.24) is 0 Å². The molecule has 0 bridgehead atoms. The Morgan fingerprint density at radius 2 is 1.75 bits per heavy atom. The minimum Gasteiger partial charge on any atom is -0.325 e. The molecule has 1 amide bonds. The smallest absolute Gasteiger partial charge is 0.228 e. The van der Waals surface area contributed by atoms with Gasteiger partial charge in [-0.2, -0.15) is 0 Å². The van der Waals surface area contributed by atoms with Crippen molar-refractivity contribution in [3.63, 3.8) is 0 Å². The second-order valence-electron chi connectivity index (χ2n) is 5.40. The van der Waals surface area contributed by atoms with Crippen molar-refractivity contribution < 1.29 is 4.79 Å². The van der Waals surface area contributed by atoms with E-state index < -0.39 is 0 Å². The molecule has 0 atom stereocenters. The van der Waals surface area contributed by atoms with Crippen molar-refractivity contribution in [1.29, 1.82) is 0 Å².